The number of nitrogens with zero attached hydrogens (tertiary/aromatic N) is 3. The number of sulfone groups is 2. The summed E-state index contributed by atoms with van der Waals surface area (Å²) in [7, 11) is -6.89. The smallest absolute Gasteiger partial charge is 0.260 e. The number of benzene rings is 2. The fourth-order valence-electron chi connectivity index (χ4n) is 3.68. The van der Waals surface area contributed by atoms with E-state index in [0.29, 0.717) is 47.2 Å². The van der Waals surface area contributed by atoms with Crippen molar-refractivity contribution >= 4 is 52.3 Å². The van der Waals surface area contributed by atoms with Crippen molar-refractivity contribution < 1.29 is 26.4 Å². The normalized spacial score (nSPS) is 15.5. The average Bonchev–Trinajstić information content (AvgIpc) is 3.22. The Hall–Kier alpha value is -2.38. The van der Waals surface area contributed by atoms with Gasteiger partial charge in [-0.25, -0.2) is 21.8 Å². The van der Waals surface area contributed by atoms with Crippen LogP contribution in [-0.2, 0) is 24.4 Å². The summed E-state index contributed by atoms with van der Waals surface area (Å²) in [5.74, 6) is -0.340. The highest BCUT2D eigenvalue weighted by Crippen LogP contribution is 2.33. The lowest BCUT2D eigenvalue weighted by Gasteiger charge is -2.29. The molecule has 0 bridgehead atoms. The minimum atomic E-state index is -3.50. The van der Waals surface area contributed by atoms with E-state index in [0.717, 1.165) is 25.6 Å². The SMILES string of the molecule is CS(=O)(=O)c1ccc(C(=O)N(CCN2CCOCC2)c2nc3c(S(C)(=O)=O)cccc3s2)cc1. The van der Waals surface area contributed by atoms with Crippen molar-refractivity contribution in [2.45, 2.75) is 9.79 Å². The molecule has 2 aromatic carbocycles. The largest absolute Gasteiger partial charge is 0.379 e. The summed E-state index contributed by atoms with van der Waals surface area (Å²) in [4.78, 5) is 22.0. The van der Waals surface area contributed by atoms with E-state index >= 15 is 0 Å². The van der Waals surface area contributed by atoms with Crippen molar-refractivity contribution in [3.05, 3.63) is 48.0 Å². The second-order valence-corrected chi connectivity index (χ2v) is 13.1. The lowest BCUT2D eigenvalue weighted by molar-refractivity contribution is 0.0391. The number of amides is 1. The van der Waals surface area contributed by atoms with Gasteiger partial charge in [-0.15, -0.1) is 0 Å². The molecule has 9 nitrogen and oxygen atoms in total. The molecule has 1 fully saturated rings. The predicted octanol–water partition coefficient (Wildman–Crippen LogP) is 2.08. The zero-order valence-electron chi connectivity index (χ0n) is 18.8. The summed E-state index contributed by atoms with van der Waals surface area (Å²) in [6, 6.07) is 10.7. The van der Waals surface area contributed by atoms with Crippen molar-refractivity contribution in [3.8, 4) is 0 Å². The first kappa shape index (κ1) is 24.7. The van der Waals surface area contributed by atoms with Crippen LogP contribution in [0.3, 0.4) is 0 Å². The molecular weight excluding hydrogens is 498 g/mol. The highest BCUT2D eigenvalue weighted by atomic mass is 32.2. The van der Waals surface area contributed by atoms with E-state index in [1.54, 1.807) is 12.1 Å². The average molecular weight is 524 g/mol. The van der Waals surface area contributed by atoms with E-state index < -0.39 is 19.7 Å². The predicted molar refractivity (Wildman–Crippen MR) is 131 cm³/mol. The first-order chi connectivity index (χ1) is 16.0. The maximum absolute atomic E-state index is 13.5. The van der Waals surface area contributed by atoms with Crippen LogP contribution in [0.25, 0.3) is 10.2 Å². The van der Waals surface area contributed by atoms with Crippen LogP contribution < -0.4 is 4.90 Å². The second kappa shape index (κ2) is 9.70. The summed E-state index contributed by atoms with van der Waals surface area (Å²) in [5.41, 5.74) is 0.651. The van der Waals surface area contributed by atoms with Gasteiger partial charge in [0.2, 0.25) is 0 Å². The number of ether oxygens (including phenoxy) is 1. The van der Waals surface area contributed by atoms with Gasteiger partial charge in [0.25, 0.3) is 5.91 Å². The van der Waals surface area contributed by atoms with E-state index in [4.69, 9.17) is 4.74 Å². The topological polar surface area (TPSA) is 114 Å². The van der Waals surface area contributed by atoms with Gasteiger partial charge in [-0.05, 0) is 36.4 Å². The van der Waals surface area contributed by atoms with Gasteiger partial charge in [0.05, 0.1) is 27.7 Å². The minimum absolute atomic E-state index is 0.116. The van der Waals surface area contributed by atoms with Gasteiger partial charge in [-0.1, -0.05) is 17.4 Å². The van der Waals surface area contributed by atoms with Crippen LogP contribution in [0, 0.1) is 0 Å². The minimum Gasteiger partial charge on any atom is -0.379 e. The fraction of sp³-hybridized carbons (Fsp3) is 0.364. The van der Waals surface area contributed by atoms with E-state index in [2.05, 4.69) is 9.88 Å². The van der Waals surface area contributed by atoms with Crippen LogP contribution in [0.1, 0.15) is 10.4 Å². The van der Waals surface area contributed by atoms with E-state index in [1.807, 2.05) is 0 Å². The third-order valence-electron chi connectivity index (χ3n) is 5.52. The Morgan fingerprint density at radius 3 is 2.32 bits per heavy atom. The zero-order valence-corrected chi connectivity index (χ0v) is 21.2. The Labute approximate surface area is 202 Å². The van der Waals surface area contributed by atoms with Gasteiger partial charge in [-0.3, -0.25) is 14.6 Å². The molecule has 4 rings (SSSR count). The molecular formula is C22H25N3O6S3. The molecule has 1 aromatic heterocycles. The van der Waals surface area contributed by atoms with Gasteiger partial charge in [0.1, 0.15) is 5.52 Å². The summed E-state index contributed by atoms with van der Waals surface area (Å²) in [5, 5.41) is 0.386. The van der Waals surface area contributed by atoms with Gasteiger partial charge in [0.15, 0.2) is 24.8 Å². The number of morpholine rings is 1. The van der Waals surface area contributed by atoms with Crippen molar-refractivity contribution in [3.63, 3.8) is 0 Å². The molecule has 12 heteroatoms. The quantitative estimate of drug-likeness (QED) is 0.463. The molecule has 0 saturated carbocycles. The zero-order chi connectivity index (χ0) is 24.5. The third kappa shape index (κ3) is 5.47. The fourth-order valence-corrected chi connectivity index (χ4v) is 6.22. The summed E-state index contributed by atoms with van der Waals surface area (Å²) in [6.07, 6.45) is 2.24. The maximum atomic E-state index is 13.5. The number of carbonyl (C=O) groups is 1. The van der Waals surface area contributed by atoms with Gasteiger partial charge in [0, 0.05) is 44.3 Å². The lowest BCUT2D eigenvalue weighted by atomic mass is 10.2. The van der Waals surface area contributed by atoms with Crippen molar-refractivity contribution in [1.29, 1.82) is 0 Å². The van der Waals surface area contributed by atoms with Crippen molar-refractivity contribution in [1.82, 2.24) is 9.88 Å². The summed E-state index contributed by atoms with van der Waals surface area (Å²) in [6.45, 7) is 3.68. The molecule has 0 radical (unpaired) electrons. The summed E-state index contributed by atoms with van der Waals surface area (Å²) < 4.78 is 54.1. The van der Waals surface area contributed by atoms with Crippen LogP contribution in [0.5, 0.6) is 0 Å². The number of carbonyl (C=O) groups excluding carboxylic acids is 1. The van der Waals surface area contributed by atoms with Crippen LogP contribution in [0.4, 0.5) is 5.13 Å². The highest BCUT2D eigenvalue weighted by Gasteiger charge is 2.25. The molecule has 0 atom stereocenters. The van der Waals surface area contributed by atoms with Gasteiger partial charge < -0.3 is 4.74 Å². The maximum Gasteiger partial charge on any atom is 0.260 e. The number of rotatable bonds is 7. The van der Waals surface area contributed by atoms with Crippen LogP contribution in [0.15, 0.2) is 52.3 Å². The second-order valence-electron chi connectivity index (χ2n) is 8.08. The number of aromatic nitrogens is 1. The van der Waals surface area contributed by atoms with Crippen LogP contribution in [-0.4, -0.2) is 84.5 Å². The standard InChI is InChI=1S/C22H25N3O6S3/c1-33(27,28)17-8-6-16(7-9-17)21(26)25(11-10-24-12-14-31-15-13-24)22-23-20-18(32-22)4-3-5-19(20)34(2,29)30/h3-9H,10-15H2,1-2H3. The molecule has 0 spiro atoms. The highest BCUT2D eigenvalue weighted by molar-refractivity contribution is 7.91. The number of fused-ring (bicyclic) bond motifs is 1. The van der Waals surface area contributed by atoms with Crippen LogP contribution in [0.2, 0.25) is 0 Å². The Morgan fingerprint density at radius 1 is 1.03 bits per heavy atom. The molecule has 34 heavy (non-hydrogen) atoms. The molecule has 182 valence electrons. The number of para-hydroxylation sites is 1. The van der Waals surface area contributed by atoms with Crippen molar-refractivity contribution in [2.75, 3.05) is 56.8 Å². The molecule has 3 aromatic rings. The van der Waals surface area contributed by atoms with Crippen molar-refractivity contribution in [2.24, 2.45) is 0 Å². The van der Waals surface area contributed by atoms with Gasteiger partial charge >= 0.3 is 0 Å². The number of anilines is 1. The lowest BCUT2D eigenvalue weighted by Crippen LogP contribution is -2.43. The Bertz CT molecular complexity index is 1410. The molecule has 0 N–H and O–H groups in total. The van der Waals surface area contributed by atoms with E-state index in [-0.39, 0.29) is 15.7 Å². The Kier molecular flexibility index (Phi) is 7.06. The molecule has 0 aliphatic carbocycles. The Morgan fingerprint density at radius 2 is 1.71 bits per heavy atom. The number of hydrogen-bond donors (Lipinski definition) is 0. The molecule has 1 saturated heterocycles. The molecule has 1 aliphatic rings. The van der Waals surface area contributed by atoms with Crippen LogP contribution >= 0.6 is 11.3 Å². The molecule has 2 heterocycles. The van der Waals surface area contributed by atoms with Gasteiger partial charge in [-0.2, -0.15) is 0 Å². The van der Waals surface area contributed by atoms with E-state index in [1.165, 1.54) is 46.6 Å². The number of thiazole rings is 1. The van der Waals surface area contributed by atoms with E-state index in [9.17, 15) is 21.6 Å². The third-order valence-corrected chi connectivity index (χ3v) is 8.82. The summed E-state index contributed by atoms with van der Waals surface area (Å²) >= 11 is 1.24. The first-order valence-electron chi connectivity index (χ1n) is 10.6. The Balaban J connectivity index is 1.71. The number of hydrogen-bond acceptors (Lipinski definition) is 9. The molecule has 1 amide bonds. The first-order valence-corrected chi connectivity index (χ1v) is 15.2. The molecule has 1 aliphatic heterocycles. The molecule has 0 unspecified atom stereocenters. The monoisotopic (exact) mass is 523 g/mol.